The Labute approximate surface area is 138 Å². The first-order valence-electron chi connectivity index (χ1n) is 6.64. The van der Waals surface area contributed by atoms with Crippen molar-refractivity contribution in [1.82, 2.24) is 5.32 Å². The van der Waals surface area contributed by atoms with Crippen LogP contribution >= 0.6 is 23.2 Å². The second-order valence-corrected chi connectivity index (χ2v) is 5.43. The standard InChI is InChI=1S/C16H15Cl2NO3/c17-11-6-7-13(14(18)8-11)15(20)9-19-16(21)10-22-12-4-2-1-3-5-12/h1-8,15,20H,9-10H2,(H,19,21). The van der Waals surface area contributed by atoms with Gasteiger partial charge in [-0.05, 0) is 24.3 Å². The van der Waals surface area contributed by atoms with E-state index in [1.165, 1.54) is 0 Å². The van der Waals surface area contributed by atoms with Crippen molar-refractivity contribution in [2.45, 2.75) is 6.10 Å². The molecule has 2 aromatic rings. The zero-order valence-corrected chi connectivity index (χ0v) is 13.1. The van der Waals surface area contributed by atoms with Gasteiger partial charge in [-0.1, -0.05) is 47.5 Å². The lowest BCUT2D eigenvalue weighted by Crippen LogP contribution is -2.32. The van der Waals surface area contributed by atoms with Crippen molar-refractivity contribution < 1.29 is 14.6 Å². The van der Waals surface area contributed by atoms with E-state index < -0.39 is 6.10 Å². The topological polar surface area (TPSA) is 58.6 Å². The smallest absolute Gasteiger partial charge is 0.258 e. The van der Waals surface area contributed by atoms with Gasteiger partial charge in [0.1, 0.15) is 5.75 Å². The molecule has 6 heteroatoms. The molecule has 0 saturated heterocycles. The number of halogens is 2. The van der Waals surface area contributed by atoms with Crippen molar-refractivity contribution >= 4 is 29.1 Å². The quantitative estimate of drug-likeness (QED) is 0.849. The summed E-state index contributed by atoms with van der Waals surface area (Å²) in [5.41, 5.74) is 0.510. The van der Waals surface area contributed by atoms with Crippen molar-refractivity contribution in [1.29, 1.82) is 0 Å². The molecule has 0 aromatic heterocycles. The second kappa shape index (κ2) is 8.03. The monoisotopic (exact) mass is 339 g/mol. The van der Waals surface area contributed by atoms with Crippen LogP contribution in [0.1, 0.15) is 11.7 Å². The zero-order chi connectivity index (χ0) is 15.9. The molecule has 0 spiro atoms. The number of aliphatic hydroxyl groups is 1. The van der Waals surface area contributed by atoms with Crippen LogP contribution in [0.5, 0.6) is 5.75 Å². The van der Waals surface area contributed by atoms with E-state index in [1.54, 1.807) is 30.3 Å². The molecule has 4 nitrogen and oxygen atoms in total. The summed E-state index contributed by atoms with van der Waals surface area (Å²) in [5, 5.41) is 13.5. The van der Waals surface area contributed by atoms with Gasteiger partial charge in [0.2, 0.25) is 0 Å². The molecule has 116 valence electrons. The summed E-state index contributed by atoms with van der Waals surface area (Å²) in [6.45, 7) is -0.0799. The van der Waals surface area contributed by atoms with Crippen LogP contribution in [0.4, 0.5) is 0 Å². The predicted octanol–water partition coefficient (Wildman–Crippen LogP) is 3.22. The molecule has 1 unspecified atom stereocenters. The minimum Gasteiger partial charge on any atom is -0.484 e. The van der Waals surface area contributed by atoms with E-state index in [0.29, 0.717) is 21.4 Å². The number of para-hydroxylation sites is 1. The highest BCUT2D eigenvalue weighted by Gasteiger charge is 2.13. The summed E-state index contributed by atoms with van der Waals surface area (Å²) < 4.78 is 5.31. The molecule has 0 fully saturated rings. The predicted molar refractivity (Wildman–Crippen MR) is 86.4 cm³/mol. The first kappa shape index (κ1) is 16.6. The van der Waals surface area contributed by atoms with Crippen molar-refractivity contribution in [2.75, 3.05) is 13.2 Å². The summed E-state index contributed by atoms with van der Waals surface area (Å²) in [7, 11) is 0. The van der Waals surface area contributed by atoms with Crippen molar-refractivity contribution in [2.24, 2.45) is 0 Å². The molecule has 2 rings (SSSR count). The molecule has 1 atom stereocenters. The lowest BCUT2D eigenvalue weighted by Gasteiger charge is -2.14. The molecule has 0 aliphatic rings. The highest BCUT2D eigenvalue weighted by molar-refractivity contribution is 6.35. The van der Waals surface area contributed by atoms with E-state index in [1.807, 2.05) is 18.2 Å². The van der Waals surface area contributed by atoms with Crippen LogP contribution in [0.2, 0.25) is 10.0 Å². The van der Waals surface area contributed by atoms with Gasteiger partial charge in [0.05, 0.1) is 6.10 Å². The van der Waals surface area contributed by atoms with Crippen LogP contribution in [0, 0.1) is 0 Å². The Morgan fingerprint density at radius 1 is 1.18 bits per heavy atom. The largest absolute Gasteiger partial charge is 0.484 e. The highest BCUT2D eigenvalue weighted by atomic mass is 35.5. The number of nitrogens with one attached hydrogen (secondary N) is 1. The summed E-state index contributed by atoms with van der Waals surface area (Å²) in [6.07, 6.45) is -0.912. The van der Waals surface area contributed by atoms with Crippen LogP contribution < -0.4 is 10.1 Å². The first-order valence-corrected chi connectivity index (χ1v) is 7.39. The first-order chi connectivity index (χ1) is 10.6. The molecule has 0 radical (unpaired) electrons. The van der Waals surface area contributed by atoms with Crippen molar-refractivity contribution in [3.63, 3.8) is 0 Å². The molecule has 22 heavy (non-hydrogen) atoms. The molecule has 2 N–H and O–H groups in total. The van der Waals surface area contributed by atoms with Gasteiger partial charge < -0.3 is 15.2 Å². The van der Waals surface area contributed by atoms with Gasteiger partial charge in [-0.15, -0.1) is 0 Å². The van der Waals surface area contributed by atoms with E-state index >= 15 is 0 Å². The molecule has 1 amide bonds. The SMILES string of the molecule is O=C(COc1ccccc1)NCC(O)c1ccc(Cl)cc1Cl. The number of rotatable bonds is 6. The zero-order valence-electron chi connectivity index (χ0n) is 11.6. The number of hydrogen-bond donors (Lipinski definition) is 2. The van der Waals surface area contributed by atoms with E-state index in [-0.39, 0.29) is 19.1 Å². The molecule has 0 bridgehead atoms. The van der Waals surface area contributed by atoms with E-state index in [2.05, 4.69) is 5.32 Å². The molecule has 0 saturated carbocycles. The van der Waals surface area contributed by atoms with Gasteiger partial charge in [-0.25, -0.2) is 0 Å². The summed E-state index contributed by atoms with van der Waals surface area (Å²) in [6, 6.07) is 13.8. The average molecular weight is 340 g/mol. The van der Waals surface area contributed by atoms with Crippen LogP contribution in [-0.4, -0.2) is 24.2 Å². The number of carbonyl (C=O) groups excluding carboxylic acids is 1. The minimum absolute atomic E-state index is 0.0400. The van der Waals surface area contributed by atoms with Gasteiger partial charge in [-0.3, -0.25) is 4.79 Å². The molecule has 0 aliphatic carbocycles. The van der Waals surface area contributed by atoms with Crippen molar-refractivity contribution in [3.8, 4) is 5.75 Å². The fraction of sp³-hybridized carbons (Fsp3) is 0.188. The average Bonchev–Trinajstić information content (AvgIpc) is 2.51. The number of amides is 1. The van der Waals surface area contributed by atoms with Crippen LogP contribution in [-0.2, 0) is 4.79 Å². The number of carbonyl (C=O) groups is 1. The van der Waals surface area contributed by atoms with E-state index in [4.69, 9.17) is 27.9 Å². The van der Waals surface area contributed by atoms with Gasteiger partial charge >= 0.3 is 0 Å². The lowest BCUT2D eigenvalue weighted by molar-refractivity contribution is -0.123. The number of ether oxygens (including phenoxy) is 1. The fourth-order valence-corrected chi connectivity index (χ4v) is 2.34. The van der Waals surface area contributed by atoms with Crippen LogP contribution in [0.3, 0.4) is 0 Å². The molecule has 0 aliphatic heterocycles. The third kappa shape index (κ3) is 4.91. The summed E-state index contributed by atoms with van der Waals surface area (Å²) in [5.74, 6) is 0.284. The third-order valence-electron chi connectivity index (χ3n) is 2.93. The van der Waals surface area contributed by atoms with E-state index in [0.717, 1.165) is 0 Å². The fourth-order valence-electron chi connectivity index (χ4n) is 1.81. The summed E-state index contributed by atoms with van der Waals surface area (Å²) >= 11 is 11.8. The Bertz CT molecular complexity index is 635. The van der Waals surface area contributed by atoms with Crippen LogP contribution in [0.15, 0.2) is 48.5 Å². The molecule has 2 aromatic carbocycles. The van der Waals surface area contributed by atoms with Gasteiger partial charge in [-0.2, -0.15) is 0 Å². The molecular weight excluding hydrogens is 325 g/mol. The Morgan fingerprint density at radius 3 is 2.59 bits per heavy atom. The van der Waals surface area contributed by atoms with E-state index in [9.17, 15) is 9.90 Å². The lowest BCUT2D eigenvalue weighted by atomic mass is 10.1. The Kier molecular flexibility index (Phi) is 6.07. The highest BCUT2D eigenvalue weighted by Crippen LogP contribution is 2.25. The van der Waals surface area contributed by atoms with Gasteiger partial charge in [0.15, 0.2) is 6.61 Å². The Morgan fingerprint density at radius 2 is 1.91 bits per heavy atom. The van der Waals surface area contributed by atoms with Crippen molar-refractivity contribution in [3.05, 3.63) is 64.1 Å². The number of benzene rings is 2. The second-order valence-electron chi connectivity index (χ2n) is 4.59. The van der Waals surface area contributed by atoms with Gasteiger partial charge in [0, 0.05) is 22.2 Å². The summed E-state index contributed by atoms with van der Waals surface area (Å²) in [4.78, 5) is 11.7. The minimum atomic E-state index is -0.912. The Hall–Kier alpha value is -1.75. The van der Waals surface area contributed by atoms with Gasteiger partial charge in [0.25, 0.3) is 5.91 Å². The van der Waals surface area contributed by atoms with Crippen LogP contribution in [0.25, 0.3) is 0 Å². The maximum absolute atomic E-state index is 11.7. The Balaban J connectivity index is 1.80. The number of aliphatic hydroxyl groups excluding tert-OH is 1. The normalized spacial score (nSPS) is 11.8. The number of hydrogen-bond acceptors (Lipinski definition) is 3. The third-order valence-corrected chi connectivity index (χ3v) is 3.49. The molecular formula is C16H15Cl2NO3. The molecule has 0 heterocycles. The maximum atomic E-state index is 11.7. The maximum Gasteiger partial charge on any atom is 0.258 e.